The average Bonchev–Trinajstić information content (AvgIpc) is 3.67. The van der Waals surface area contributed by atoms with E-state index in [0.717, 1.165) is 47.5 Å². The van der Waals surface area contributed by atoms with Gasteiger partial charge in [-0.15, -0.1) is 0 Å². The molecular formula is C25H26ClF3N4O2. The predicted molar refractivity (Wildman–Crippen MR) is 129 cm³/mol. The summed E-state index contributed by atoms with van der Waals surface area (Å²) in [5, 5.41) is 4.13. The number of halogens is 4. The predicted octanol–water partition coefficient (Wildman–Crippen LogP) is 5.34. The third kappa shape index (κ3) is 6.61. The number of fused-ring (bicyclic) bond motifs is 1. The summed E-state index contributed by atoms with van der Waals surface area (Å²) in [6, 6.07) is 10.4. The first-order valence-corrected chi connectivity index (χ1v) is 11.8. The van der Waals surface area contributed by atoms with Crippen molar-refractivity contribution in [2.75, 3.05) is 31.7 Å². The Morgan fingerprint density at radius 1 is 1.17 bits per heavy atom. The zero-order valence-corrected chi connectivity index (χ0v) is 20.0. The Morgan fingerprint density at radius 3 is 2.69 bits per heavy atom. The highest BCUT2D eigenvalue weighted by Crippen LogP contribution is 2.40. The lowest BCUT2D eigenvalue weighted by Gasteiger charge is -2.25. The Hall–Kier alpha value is -2.91. The molecule has 4 rings (SSSR count). The SMILES string of the molecule is COCCN(CCC(=O)NCc1cccc(C(F)(F)F)c1)c1nc(C2CC2)nc2cc(Cl)ccc12. The van der Waals surface area contributed by atoms with Gasteiger partial charge in [0.25, 0.3) is 0 Å². The zero-order valence-electron chi connectivity index (χ0n) is 19.2. The molecule has 35 heavy (non-hydrogen) atoms. The van der Waals surface area contributed by atoms with E-state index in [0.29, 0.717) is 36.2 Å². The summed E-state index contributed by atoms with van der Waals surface area (Å²) in [5.74, 6) is 1.55. The fourth-order valence-corrected chi connectivity index (χ4v) is 3.94. The van der Waals surface area contributed by atoms with Crippen molar-refractivity contribution in [3.63, 3.8) is 0 Å². The summed E-state index contributed by atoms with van der Waals surface area (Å²) >= 11 is 6.20. The van der Waals surface area contributed by atoms with Crippen LogP contribution >= 0.6 is 11.6 Å². The topological polar surface area (TPSA) is 67.3 Å². The molecule has 0 saturated heterocycles. The van der Waals surface area contributed by atoms with Crippen LogP contribution in [-0.2, 0) is 22.3 Å². The van der Waals surface area contributed by atoms with Gasteiger partial charge in [-0.2, -0.15) is 13.2 Å². The second kappa shape index (κ2) is 10.8. The van der Waals surface area contributed by atoms with E-state index < -0.39 is 11.7 Å². The summed E-state index contributed by atoms with van der Waals surface area (Å²) in [5.41, 5.74) is 0.398. The highest BCUT2D eigenvalue weighted by Gasteiger charge is 2.30. The quantitative estimate of drug-likeness (QED) is 0.402. The van der Waals surface area contributed by atoms with Crippen LogP contribution in [0.5, 0.6) is 0 Å². The molecule has 0 bridgehead atoms. The molecule has 2 aromatic carbocycles. The van der Waals surface area contributed by atoms with Crippen LogP contribution in [0.25, 0.3) is 10.9 Å². The Morgan fingerprint density at radius 2 is 1.97 bits per heavy atom. The number of rotatable bonds is 10. The van der Waals surface area contributed by atoms with Crippen LogP contribution in [0.1, 0.15) is 42.1 Å². The standard InChI is InChI=1S/C25H26ClF3N4O2/c1-35-12-11-33(10-9-22(34)30-15-16-3-2-4-18(13-16)25(27,28)29)24-20-8-7-19(26)14-21(20)31-23(32-24)17-5-6-17/h2-4,7-8,13-14,17H,5-6,9-12,15H2,1H3,(H,30,34). The number of carbonyl (C=O) groups excluding carboxylic acids is 1. The number of benzene rings is 2. The fraction of sp³-hybridized carbons (Fsp3) is 0.400. The van der Waals surface area contributed by atoms with Crippen LogP contribution in [0.4, 0.5) is 19.0 Å². The van der Waals surface area contributed by atoms with E-state index in [9.17, 15) is 18.0 Å². The normalized spacial score (nSPS) is 13.7. The molecule has 1 aliphatic rings. The number of hydrogen-bond donors (Lipinski definition) is 1. The molecule has 0 spiro atoms. The first-order valence-electron chi connectivity index (χ1n) is 11.4. The maximum atomic E-state index is 12.9. The van der Waals surface area contributed by atoms with Gasteiger partial charge in [0.1, 0.15) is 11.6 Å². The van der Waals surface area contributed by atoms with Crippen molar-refractivity contribution in [2.45, 2.75) is 37.9 Å². The maximum absolute atomic E-state index is 12.9. The molecule has 3 aromatic rings. The minimum Gasteiger partial charge on any atom is -0.383 e. The summed E-state index contributed by atoms with van der Waals surface area (Å²) in [7, 11) is 1.60. The third-order valence-corrected chi connectivity index (χ3v) is 6.05. The highest BCUT2D eigenvalue weighted by atomic mass is 35.5. The maximum Gasteiger partial charge on any atom is 0.416 e. The summed E-state index contributed by atoms with van der Waals surface area (Å²) < 4.78 is 44.1. The van der Waals surface area contributed by atoms with Crippen molar-refractivity contribution in [2.24, 2.45) is 0 Å². The zero-order chi connectivity index (χ0) is 25.0. The number of ether oxygens (including phenoxy) is 1. The smallest absolute Gasteiger partial charge is 0.383 e. The number of nitrogens with zero attached hydrogens (tertiary/aromatic N) is 3. The molecule has 0 aliphatic heterocycles. The highest BCUT2D eigenvalue weighted by molar-refractivity contribution is 6.31. The molecule has 10 heteroatoms. The molecule has 0 unspecified atom stereocenters. The fourth-order valence-electron chi connectivity index (χ4n) is 3.78. The molecule has 1 heterocycles. The molecule has 0 radical (unpaired) electrons. The molecule has 1 aromatic heterocycles. The number of anilines is 1. The summed E-state index contributed by atoms with van der Waals surface area (Å²) in [6.45, 7) is 1.32. The van der Waals surface area contributed by atoms with Crippen molar-refractivity contribution >= 4 is 34.2 Å². The van der Waals surface area contributed by atoms with E-state index in [-0.39, 0.29) is 18.9 Å². The monoisotopic (exact) mass is 506 g/mol. The molecule has 186 valence electrons. The van der Waals surface area contributed by atoms with Gasteiger partial charge in [0, 0.05) is 49.5 Å². The van der Waals surface area contributed by atoms with Crippen molar-refractivity contribution in [1.29, 1.82) is 0 Å². The third-order valence-electron chi connectivity index (χ3n) is 5.82. The lowest BCUT2D eigenvalue weighted by molar-refractivity contribution is -0.137. The molecule has 1 fully saturated rings. The number of carbonyl (C=O) groups is 1. The van der Waals surface area contributed by atoms with Crippen molar-refractivity contribution in [3.8, 4) is 0 Å². The second-order valence-corrected chi connectivity index (χ2v) is 8.98. The van der Waals surface area contributed by atoms with Gasteiger partial charge in [0.05, 0.1) is 17.7 Å². The summed E-state index contributed by atoms with van der Waals surface area (Å²) in [4.78, 5) is 24.1. The minimum absolute atomic E-state index is 0.0155. The van der Waals surface area contributed by atoms with E-state index in [4.69, 9.17) is 26.3 Å². The van der Waals surface area contributed by atoms with Gasteiger partial charge in [-0.25, -0.2) is 9.97 Å². The molecule has 1 saturated carbocycles. The van der Waals surface area contributed by atoms with Crippen molar-refractivity contribution in [1.82, 2.24) is 15.3 Å². The second-order valence-electron chi connectivity index (χ2n) is 8.55. The molecule has 6 nitrogen and oxygen atoms in total. The van der Waals surface area contributed by atoms with Crippen molar-refractivity contribution < 1.29 is 22.7 Å². The van der Waals surface area contributed by atoms with Crippen LogP contribution in [-0.4, -0.2) is 42.7 Å². The van der Waals surface area contributed by atoms with Gasteiger partial charge in [-0.1, -0.05) is 23.7 Å². The lowest BCUT2D eigenvalue weighted by Crippen LogP contribution is -2.33. The lowest BCUT2D eigenvalue weighted by atomic mass is 10.1. The van der Waals surface area contributed by atoms with Crippen LogP contribution in [0.2, 0.25) is 5.02 Å². The molecule has 1 amide bonds. The summed E-state index contributed by atoms with van der Waals surface area (Å²) in [6.07, 6.45) is -2.20. The van der Waals surface area contributed by atoms with Crippen LogP contribution in [0.3, 0.4) is 0 Å². The van der Waals surface area contributed by atoms with Gasteiger partial charge in [0.2, 0.25) is 5.91 Å². The Bertz CT molecular complexity index is 1200. The average molecular weight is 507 g/mol. The Kier molecular flexibility index (Phi) is 7.76. The molecule has 0 atom stereocenters. The van der Waals surface area contributed by atoms with E-state index >= 15 is 0 Å². The number of alkyl halides is 3. The molecule has 1 aliphatic carbocycles. The number of nitrogens with one attached hydrogen (secondary N) is 1. The van der Waals surface area contributed by atoms with E-state index in [2.05, 4.69) is 5.32 Å². The molecular weight excluding hydrogens is 481 g/mol. The van der Waals surface area contributed by atoms with Crippen LogP contribution < -0.4 is 10.2 Å². The first kappa shape index (κ1) is 25.2. The van der Waals surface area contributed by atoms with Gasteiger partial charge in [-0.3, -0.25) is 4.79 Å². The van der Waals surface area contributed by atoms with Gasteiger partial charge >= 0.3 is 6.18 Å². The molecule has 1 N–H and O–H groups in total. The van der Waals surface area contributed by atoms with E-state index in [1.165, 1.54) is 6.07 Å². The number of aromatic nitrogens is 2. The number of amides is 1. The Labute approximate surface area is 206 Å². The van der Waals surface area contributed by atoms with Crippen molar-refractivity contribution in [3.05, 3.63) is 64.4 Å². The number of methoxy groups -OCH3 is 1. The minimum atomic E-state index is -4.42. The largest absolute Gasteiger partial charge is 0.416 e. The Balaban J connectivity index is 1.47. The van der Waals surface area contributed by atoms with E-state index in [1.54, 1.807) is 19.2 Å². The van der Waals surface area contributed by atoms with Gasteiger partial charge in [-0.05, 0) is 48.7 Å². The van der Waals surface area contributed by atoms with Crippen LogP contribution in [0, 0.1) is 0 Å². The van der Waals surface area contributed by atoms with E-state index in [1.807, 2.05) is 17.0 Å². The van der Waals surface area contributed by atoms with Crippen LogP contribution in [0.15, 0.2) is 42.5 Å². The van der Waals surface area contributed by atoms with Gasteiger partial charge < -0.3 is 15.0 Å². The van der Waals surface area contributed by atoms with Gasteiger partial charge in [0.15, 0.2) is 0 Å². The first-order chi connectivity index (χ1) is 16.7. The number of hydrogen-bond acceptors (Lipinski definition) is 5.